The van der Waals surface area contributed by atoms with Crippen molar-refractivity contribution in [3.63, 3.8) is 0 Å². The van der Waals surface area contributed by atoms with Crippen LogP contribution in [0.4, 0.5) is 13.2 Å². The summed E-state index contributed by atoms with van der Waals surface area (Å²) in [4.78, 5) is 24.4. The molecular weight excluding hydrogens is 445 g/mol. The lowest BCUT2D eigenvalue weighted by Gasteiger charge is -2.16. The Bertz CT molecular complexity index is 1230. The minimum atomic E-state index is -0.791. The van der Waals surface area contributed by atoms with Crippen molar-refractivity contribution in [2.24, 2.45) is 0 Å². The van der Waals surface area contributed by atoms with E-state index in [0.29, 0.717) is 17.7 Å². The second-order valence-corrected chi connectivity index (χ2v) is 7.42. The molecule has 1 heterocycles. The van der Waals surface area contributed by atoms with E-state index in [1.54, 1.807) is 13.8 Å². The molecule has 0 spiro atoms. The Hall–Kier alpha value is -3.26. The summed E-state index contributed by atoms with van der Waals surface area (Å²) >= 11 is 6.17. The molecule has 1 N–H and O–H groups in total. The number of aryl methyl sites for hydroxylation is 1. The predicted molar refractivity (Wildman–Crippen MR) is 115 cm³/mol. The van der Waals surface area contributed by atoms with Crippen LogP contribution in [0.15, 0.2) is 47.3 Å². The average Bonchev–Trinajstić information content (AvgIpc) is 2.76. The summed E-state index contributed by atoms with van der Waals surface area (Å²) in [5.74, 6) is -2.34. The monoisotopic (exact) mass is 464 g/mol. The van der Waals surface area contributed by atoms with Crippen LogP contribution in [0.1, 0.15) is 30.2 Å². The van der Waals surface area contributed by atoms with Gasteiger partial charge in [0.2, 0.25) is 5.91 Å². The van der Waals surface area contributed by atoms with Gasteiger partial charge in [0, 0.05) is 36.4 Å². The number of hydrogen-bond donors (Lipinski definition) is 1. The van der Waals surface area contributed by atoms with Gasteiger partial charge in [-0.15, -0.1) is 0 Å². The van der Waals surface area contributed by atoms with Gasteiger partial charge in [0.25, 0.3) is 5.56 Å². The van der Waals surface area contributed by atoms with Crippen molar-refractivity contribution in [3.05, 3.63) is 92.1 Å². The number of nitrogens with zero attached hydrogens (tertiary/aromatic N) is 1. The van der Waals surface area contributed by atoms with Crippen LogP contribution in [0.5, 0.6) is 5.75 Å². The van der Waals surface area contributed by atoms with Gasteiger partial charge in [-0.3, -0.25) is 14.2 Å². The first-order chi connectivity index (χ1) is 15.2. The van der Waals surface area contributed by atoms with Crippen molar-refractivity contribution < 1.29 is 22.7 Å². The molecular formula is C23H20ClF3N2O3. The molecule has 0 atom stereocenters. The number of nitrogens with one attached hydrogen (secondary N) is 1. The Balaban J connectivity index is 1.92. The van der Waals surface area contributed by atoms with E-state index in [0.717, 1.165) is 16.7 Å². The topological polar surface area (TPSA) is 60.3 Å². The molecule has 0 bridgehead atoms. The SMILES string of the molecule is CCC(=O)NCc1ccc(F)c(-n2c(C)cc(OCc3ccc(F)cc3F)c(Cl)c2=O)c1. The van der Waals surface area contributed by atoms with Gasteiger partial charge in [-0.1, -0.05) is 24.6 Å². The Morgan fingerprint density at radius 3 is 2.53 bits per heavy atom. The third-order valence-corrected chi connectivity index (χ3v) is 5.11. The van der Waals surface area contributed by atoms with Crippen molar-refractivity contribution in [1.29, 1.82) is 0 Å². The molecule has 32 heavy (non-hydrogen) atoms. The van der Waals surface area contributed by atoms with Crippen molar-refractivity contribution in [2.45, 2.75) is 33.4 Å². The van der Waals surface area contributed by atoms with E-state index in [4.69, 9.17) is 16.3 Å². The largest absolute Gasteiger partial charge is 0.487 e. The molecule has 1 aromatic heterocycles. The van der Waals surface area contributed by atoms with Gasteiger partial charge in [-0.2, -0.15) is 0 Å². The summed E-state index contributed by atoms with van der Waals surface area (Å²) in [5, 5.41) is 2.37. The maximum Gasteiger partial charge on any atom is 0.277 e. The number of carbonyl (C=O) groups is 1. The molecule has 168 valence electrons. The molecule has 1 amide bonds. The lowest BCUT2D eigenvalue weighted by Crippen LogP contribution is -2.24. The average molecular weight is 465 g/mol. The zero-order valence-electron chi connectivity index (χ0n) is 17.3. The zero-order valence-corrected chi connectivity index (χ0v) is 18.1. The quantitative estimate of drug-likeness (QED) is 0.545. The standard InChI is InChI=1S/C23H20ClF3N2O3/c1-3-21(30)28-11-14-4-7-17(26)19(9-14)29-13(2)8-20(22(24)23(29)31)32-12-15-5-6-16(25)10-18(15)27/h4-10H,3,11-12H2,1-2H3,(H,28,30). The maximum atomic E-state index is 14.6. The van der Waals surface area contributed by atoms with E-state index in [1.807, 2.05) is 0 Å². The van der Waals surface area contributed by atoms with Gasteiger partial charge < -0.3 is 10.1 Å². The third kappa shape index (κ3) is 5.13. The number of halogens is 4. The minimum absolute atomic E-state index is 0.0130. The molecule has 0 saturated carbocycles. The molecule has 2 aromatic carbocycles. The van der Waals surface area contributed by atoms with Crippen LogP contribution in [0.3, 0.4) is 0 Å². The zero-order chi connectivity index (χ0) is 23.4. The summed E-state index contributed by atoms with van der Waals surface area (Å²) in [7, 11) is 0. The Morgan fingerprint density at radius 1 is 1.09 bits per heavy atom. The molecule has 5 nitrogen and oxygen atoms in total. The van der Waals surface area contributed by atoms with Crippen LogP contribution in [0.25, 0.3) is 5.69 Å². The van der Waals surface area contributed by atoms with E-state index < -0.39 is 23.0 Å². The molecule has 0 radical (unpaired) electrons. The van der Waals surface area contributed by atoms with Crippen molar-refractivity contribution in [1.82, 2.24) is 9.88 Å². The lowest BCUT2D eigenvalue weighted by atomic mass is 10.1. The number of benzene rings is 2. The Labute approximate surface area is 187 Å². The van der Waals surface area contributed by atoms with Crippen LogP contribution in [0.2, 0.25) is 5.02 Å². The van der Waals surface area contributed by atoms with Gasteiger partial charge in [-0.05, 0) is 36.8 Å². The number of hydrogen-bond acceptors (Lipinski definition) is 3. The Morgan fingerprint density at radius 2 is 1.84 bits per heavy atom. The van der Waals surface area contributed by atoms with Crippen LogP contribution in [-0.2, 0) is 17.9 Å². The number of pyridine rings is 1. The summed E-state index contributed by atoms with van der Waals surface area (Å²) in [6.07, 6.45) is 0.311. The van der Waals surface area contributed by atoms with Crippen LogP contribution in [0, 0.1) is 24.4 Å². The minimum Gasteiger partial charge on any atom is -0.487 e. The van der Waals surface area contributed by atoms with Gasteiger partial charge in [0.1, 0.15) is 34.8 Å². The molecule has 9 heteroatoms. The highest BCUT2D eigenvalue weighted by Crippen LogP contribution is 2.26. The predicted octanol–water partition coefficient (Wildman–Crippen LogP) is 4.82. The first kappa shape index (κ1) is 23.4. The molecule has 0 fully saturated rings. The number of carbonyl (C=O) groups excluding carboxylic acids is 1. The molecule has 3 aromatic rings. The van der Waals surface area contributed by atoms with Crippen molar-refractivity contribution in [3.8, 4) is 11.4 Å². The molecule has 0 saturated heterocycles. The number of rotatable bonds is 7. The van der Waals surface area contributed by atoms with Gasteiger partial charge in [0.05, 0.1) is 5.69 Å². The highest BCUT2D eigenvalue weighted by molar-refractivity contribution is 6.31. The van der Waals surface area contributed by atoms with Crippen LogP contribution in [-0.4, -0.2) is 10.5 Å². The van der Waals surface area contributed by atoms with Crippen LogP contribution < -0.4 is 15.6 Å². The fourth-order valence-electron chi connectivity index (χ4n) is 3.05. The van der Waals surface area contributed by atoms with Gasteiger partial charge in [-0.25, -0.2) is 13.2 Å². The first-order valence-electron chi connectivity index (χ1n) is 9.75. The van der Waals surface area contributed by atoms with Gasteiger partial charge in [0.15, 0.2) is 0 Å². The molecule has 0 aliphatic carbocycles. The van der Waals surface area contributed by atoms with E-state index in [-0.39, 0.29) is 41.1 Å². The second kappa shape index (κ2) is 9.91. The van der Waals surface area contributed by atoms with Crippen molar-refractivity contribution in [2.75, 3.05) is 0 Å². The molecule has 0 aliphatic rings. The Kier molecular flexibility index (Phi) is 7.25. The van der Waals surface area contributed by atoms with E-state index in [9.17, 15) is 22.8 Å². The summed E-state index contributed by atoms with van der Waals surface area (Å²) in [5.41, 5.74) is 0.237. The third-order valence-electron chi connectivity index (χ3n) is 4.76. The molecule has 0 aliphatic heterocycles. The number of ether oxygens (including phenoxy) is 1. The normalized spacial score (nSPS) is 10.8. The van der Waals surface area contributed by atoms with Crippen LogP contribution >= 0.6 is 11.6 Å². The molecule has 0 unspecified atom stereocenters. The maximum absolute atomic E-state index is 14.6. The highest BCUT2D eigenvalue weighted by atomic mass is 35.5. The van der Waals surface area contributed by atoms with E-state index >= 15 is 0 Å². The second-order valence-electron chi connectivity index (χ2n) is 7.04. The number of aromatic nitrogens is 1. The van der Waals surface area contributed by atoms with E-state index in [2.05, 4.69) is 5.32 Å². The van der Waals surface area contributed by atoms with Gasteiger partial charge >= 0.3 is 0 Å². The fraction of sp³-hybridized carbons (Fsp3) is 0.217. The fourth-order valence-corrected chi connectivity index (χ4v) is 3.24. The van der Waals surface area contributed by atoms with E-state index in [1.165, 1.54) is 30.3 Å². The first-order valence-corrected chi connectivity index (χ1v) is 10.1. The smallest absolute Gasteiger partial charge is 0.277 e. The summed E-state index contributed by atoms with van der Waals surface area (Å²) in [6.45, 7) is 3.17. The van der Waals surface area contributed by atoms with Crippen molar-refractivity contribution >= 4 is 17.5 Å². The summed E-state index contributed by atoms with van der Waals surface area (Å²) in [6, 6.07) is 8.62. The lowest BCUT2D eigenvalue weighted by molar-refractivity contribution is -0.120. The summed E-state index contributed by atoms with van der Waals surface area (Å²) < 4.78 is 48.0. The highest BCUT2D eigenvalue weighted by Gasteiger charge is 2.17. The molecule has 3 rings (SSSR count). The number of amides is 1.